The lowest BCUT2D eigenvalue weighted by atomic mass is 9.91. The molecule has 2 aliphatic rings. The maximum absolute atomic E-state index is 12.6. The van der Waals surface area contributed by atoms with Crippen LogP contribution in [0, 0.1) is 10.1 Å². The second-order valence-electron chi connectivity index (χ2n) is 8.99. The third kappa shape index (κ3) is 5.35. The maximum Gasteiger partial charge on any atom is 0.288 e. The van der Waals surface area contributed by atoms with Gasteiger partial charge in [0.05, 0.1) is 10.6 Å². The fraction of sp³-hybridized carbons (Fsp3) is 0.522. The van der Waals surface area contributed by atoms with Gasteiger partial charge in [-0.1, -0.05) is 11.6 Å². The minimum atomic E-state index is -0.583. The summed E-state index contributed by atoms with van der Waals surface area (Å²) >= 11 is 5.84. The molecule has 2 aromatic rings. The summed E-state index contributed by atoms with van der Waals surface area (Å²) in [5, 5.41) is 17.6. The van der Waals surface area contributed by atoms with E-state index >= 15 is 0 Å². The molecule has 1 fully saturated rings. The van der Waals surface area contributed by atoms with Crippen LogP contribution in [0.15, 0.2) is 18.2 Å². The van der Waals surface area contributed by atoms with Crippen molar-refractivity contribution in [2.45, 2.75) is 63.5 Å². The van der Waals surface area contributed by atoms with Gasteiger partial charge in [0.15, 0.2) is 0 Å². The molecular formula is C23H29ClN6O3. The topological polar surface area (TPSA) is 113 Å². The van der Waals surface area contributed by atoms with E-state index in [0.29, 0.717) is 5.95 Å². The quantitative estimate of drug-likeness (QED) is 0.479. The highest BCUT2D eigenvalue weighted by Crippen LogP contribution is 2.30. The number of hydrogen-bond donors (Lipinski definition) is 2. The van der Waals surface area contributed by atoms with Gasteiger partial charge >= 0.3 is 0 Å². The van der Waals surface area contributed by atoms with Crippen molar-refractivity contribution >= 4 is 35.0 Å². The van der Waals surface area contributed by atoms with Crippen LogP contribution in [-0.4, -0.2) is 47.0 Å². The molecular weight excluding hydrogens is 444 g/mol. The van der Waals surface area contributed by atoms with Crippen LogP contribution in [0.4, 0.5) is 17.5 Å². The van der Waals surface area contributed by atoms with Crippen molar-refractivity contribution < 1.29 is 9.72 Å². The number of nitrogens with one attached hydrogen (secondary N) is 2. The van der Waals surface area contributed by atoms with E-state index in [1.165, 1.54) is 30.2 Å². The molecule has 0 bridgehead atoms. The van der Waals surface area contributed by atoms with Gasteiger partial charge in [-0.2, -0.15) is 4.98 Å². The van der Waals surface area contributed by atoms with E-state index in [9.17, 15) is 14.9 Å². The molecule has 2 aliphatic carbocycles. The third-order valence-corrected chi connectivity index (χ3v) is 6.71. The summed E-state index contributed by atoms with van der Waals surface area (Å²) in [5.74, 6) is 1.36. The molecule has 9 nitrogen and oxygen atoms in total. The van der Waals surface area contributed by atoms with E-state index in [2.05, 4.69) is 15.5 Å². The number of anilines is 2. The van der Waals surface area contributed by atoms with Gasteiger partial charge in [0, 0.05) is 43.4 Å². The molecule has 0 atom stereocenters. The zero-order valence-electron chi connectivity index (χ0n) is 18.9. The predicted octanol–water partition coefficient (Wildman–Crippen LogP) is 4.14. The molecule has 1 aromatic carbocycles. The number of aromatic nitrogens is 2. The number of amides is 1. The van der Waals surface area contributed by atoms with Gasteiger partial charge in [-0.05, 0) is 63.5 Å². The number of benzene rings is 1. The summed E-state index contributed by atoms with van der Waals surface area (Å²) < 4.78 is 0. The molecule has 1 heterocycles. The summed E-state index contributed by atoms with van der Waals surface area (Å²) in [6.45, 7) is 0. The van der Waals surface area contributed by atoms with Crippen LogP contribution < -0.4 is 15.5 Å². The number of aryl methyl sites for hydroxylation is 1. The lowest BCUT2D eigenvalue weighted by Gasteiger charge is -2.30. The molecule has 1 aromatic heterocycles. The normalized spacial score (nSPS) is 20.0. The van der Waals surface area contributed by atoms with E-state index in [1.807, 2.05) is 14.1 Å². The van der Waals surface area contributed by atoms with Gasteiger partial charge in [-0.15, -0.1) is 0 Å². The van der Waals surface area contributed by atoms with Crippen molar-refractivity contribution in [2.24, 2.45) is 0 Å². The second-order valence-corrected chi connectivity index (χ2v) is 9.39. The van der Waals surface area contributed by atoms with Crippen LogP contribution >= 0.6 is 11.6 Å². The second kappa shape index (κ2) is 9.91. The van der Waals surface area contributed by atoms with Crippen molar-refractivity contribution in [3.63, 3.8) is 0 Å². The van der Waals surface area contributed by atoms with Crippen molar-refractivity contribution in [3.05, 3.63) is 50.2 Å². The van der Waals surface area contributed by atoms with E-state index in [0.717, 1.165) is 56.5 Å². The van der Waals surface area contributed by atoms with Crippen LogP contribution in [0.2, 0.25) is 5.02 Å². The molecule has 4 rings (SSSR count). The van der Waals surface area contributed by atoms with Crippen LogP contribution in [0.5, 0.6) is 0 Å². The number of rotatable bonds is 6. The molecule has 10 heteroatoms. The van der Waals surface area contributed by atoms with Gasteiger partial charge < -0.3 is 15.5 Å². The Morgan fingerprint density at radius 1 is 1.12 bits per heavy atom. The van der Waals surface area contributed by atoms with Crippen LogP contribution in [-0.2, 0) is 12.8 Å². The van der Waals surface area contributed by atoms with E-state index in [-0.39, 0.29) is 34.3 Å². The fourth-order valence-electron chi connectivity index (χ4n) is 4.64. The lowest BCUT2D eigenvalue weighted by molar-refractivity contribution is -0.384. The molecule has 0 saturated heterocycles. The number of nitro benzene ring substituents is 1. The molecule has 1 amide bonds. The van der Waals surface area contributed by atoms with E-state index < -0.39 is 4.92 Å². The zero-order chi connectivity index (χ0) is 23.5. The summed E-state index contributed by atoms with van der Waals surface area (Å²) in [6, 6.07) is 4.38. The maximum atomic E-state index is 12.6. The van der Waals surface area contributed by atoms with Gasteiger partial charge in [-0.3, -0.25) is 14.9 Å². The van der Waals surface area contributed by atoms with Gasteiger partial charge in [0.1, 0.15) is 10.8 Å². The van der Waals surface area contributed by atoms with Crippen molar-refractivity contribution in [3.8, 4) is 0 Å². The number of nitrogens with zero attached hydrogens (tertiary/aromatic N) is 4. The van der Waals surface area contributed by atoms with Gasteiger partial charge in [0.2, 0.25) is 5.95 Å². The van der Waals surface area contributed by atoms with Crippen molar-refractivity contribution in [1.29, 1.82) is 0 Å². The predicted molar refractivity (Wildman–Crippen MR) is 128 cm³/mol. The highest BCUT2D eigenvalue weighted by molar-refractivity contribution is 6.32. The van der Waals surface area contributed by atoms with Crippen LogP contribution in [0.3, 0.4) is 0 Å². The molecule has 1 saturated carbocycles. The number of hydrogen-bond acceptors (Lipinski definition) is 7. The number of nitro groups is 1. The first-order valence-corrected chi connectivity index (χ1v) is 11.8. The highest BCUT2D eigenvalue weighted by atomic mass is 35.5. The Hall–Kier alpha value is -2.94. The number of carbonyl (C=O) groups is 1. The molecule has 33 heavy (non-hydrogen) atoms. The molecule has 2 N–H and O–H groups in total. The van der Waals surface area contributed by atoms with Crippen LogP contribution in [0.1, 0.15) is 60.1 Å². The fourth-order valence-corrected chi connectivity index (χ4v) is 4.82. The first-order chi connectivity index (χ1) is 15.8. The largest absolute Gasteiger partial charge is 0.362 e. The smallest absolute Gasteiger partial charge is 0.288 e. The van der Waals surface area contributed by atoms with Crippen molar-refractivity contribution in [2.75, 3.05) is 24.3 Å². The minimum absolute atomic E-state index is 0.0185. The molecule has 0 spiro atoms. The average molecular weight is 473 g/mol. The Bertz CT molecular complexity index is 1050. The van der Waals surface area contributed by atoms with Gasteiger partial charge in [-0.25, -0.2) is 4.98 Å². The first-order valence-electron chi connectivity index (χ1n) is 11.4. The van der Waals surface area contributed by atoms with Gasteiger partial charge in [0.25, 0.3) is 11.6 Å². The summed E-state index contributed by atoms with van der Waals surface area (Å²) in [4.78, 5) is 34.7. The zero-order valence-corrected chi connectivity index (χ0v) is 19.7. The Morgan fingerprint density at radius 3 is 2.52 bits per heavy atom. The number of fused-ring (bicyclic) bond motifs is 1. The molecule has 0 radical (unpaired) electrons. The molecule has 0 unspecified atom stereocenters. The number of carbonyl (C=O) groups excluding carboxylic acids is 1. The van der Waals surface area contributed by atoms with E-state index in [1.54, 1.807) is 0 Å². The standard InChI is InChI=1S/C23H29ClN6O3/c1-29(2)21-17-5-3-4-6-19(17)27-23(28-21)26-16-10-8-15(9-11-16)25-22(31)14-7-12-18(24)20(13-14)30(32)33/h7,12-13,15-16H,3-6,8-11H2,1-2H3,(H,25,31)(H,26,27,28)/t15-,16+. The Labute approximate surface area is 198 Å². The highest BCUT2D eigenvalue weighted by Gasteiger charge is 2.26. The van der Waals surface area contributed by atoms with Crippen molar-refractivity contribution in [1.82, 2.24) is 15.3 Å². The Balaban J connectivity index is 1.35. The molecule has 176 valence electrons. The minimum Gasteiger partial charge on any atom is -0.362 e. The van der Waals surface area contributed by atoms with E-state index in [4.69, 9.17) is 21.6 Å². The third-order valence-electron chi connectivity index (χ3n) is 6.39. The number of halogens is 1. The molecule has 0 aliphatic heterocycles. The lowest BCUT2D eigenvalue weighted by Crippen LogP contribution is -2.40. The summed E-state index contributed by atoms with van der Waals surface area (Å²) in [7, 11) is 4.04. The average Bonchev–Trinajstić information content (AvgIpc) is 2.79. The van der Waals surface area contributed by atoms with Crippen LogP contribution in [0.25, 0.3) is 0 Å². The monoisotopic (exact) mass is 472 g/mol. The first kappa shape index (κ1) is 23.2. The Morgan fingerprint density at radius 2 is 1.82 bits per heavy atom. The Kier molecular flexibility index (Phi) is 6.97. The SMILES string of the molecule is CN(C)c1nc(N[C@H]2CC[C@@H](NC(=O)c3ccc(Cl)c([N+](=O)[O-])c3)CC2)nc2c1CCCC2. The summed E-state index contributed by atoms with van der Waals surface area (Å²) in [6.07, 6.45) is 7.75. The summed E-state index contributed by atoms with van der Waals surface area (Å²) in [5.41, 5.74) is 2.40.